The molecule has 0 aromatic rings. The molecule has 40 valence electrons. The number of nitrogens with one attached hydrogen (secondary N) is 1. The Morgan fingerprint density at radius 1 is 1.86 bits per heavy atom. The molecule has 0 aliphatic heterocycles. The zero-order valence-corrected chi connectivity index (χ0v) is 4.73. The van der Waals surface area contributed by atoms with Crippen LogP contribution in [0.2, 0.25) is 0 Å². The van der Waals surface area contributed by atoms with Gasteiger partial charge in [0.25, 0.3) is 0 Å². The molecule has 0 aromatic carbocycles. The largest absolute Gasteiger partial charge is 0.313 e. The molecule has 2 nitrogen and oxygen atoms in total. The highest BCUT2D eigenvalue weighted by molar-refractivity contribution is 5.76. The molecular weight excluding hydrogens is 88.1 g/mol. The van der Waals surface area contributed by atoms with Gasteiger partial charge in [-0.25, -0.2) is 0 Å². The van der Waals surface area contributed by atoms with E-state index in [1.165, 1.54) is 0 Å². The van der Waals surface area contributed by atoms with Gasteiger partial charge in [-0.3, -0.25) is 0 Å². The van der Waals surface area contributed by atoms with Crippen LogP contribution in [0.5, 0.6) is 0 Å². The van der Waals surface area contributed by atoms with E-state index in [0.717, 1.165) is 5.57 Å². The normalized spacial score (nSPS) is 9.43. The van der Waals surface area contributed by atoms with Gasteiger partial charge in [0.1, 0.15) is 0 Å². The monoisotopic (exact) mass is 98.1 g/mol. The van der Waals surface area contributed by atoms with E-state index < -0.39 is 0 Å². The van der Waals surface area contributed by atoms with E-state index in [-0.39, 0.29) is 0 Å². The lowest BCUT2D eigenvalue weighted by molar-refractivity contribution is 0.907. The van der Waals surface area contributed by atoms with Crippen LogP contribution in [-0.2, 0) is 0 Å². The van der Waals surface area contributed by atoms with Gasteiger partial charge in [0.05, 0.1) is 0 Å². The maximum absolute atomic E-state index is 3.70. The van der Waals surface area contributed by atoms with Crippen LogP contribution < -0.4 is 5.43 Å². The molecule has 0 radical (unpaired) electrons. The van der Waals surface area contributed by atoms with Gasteiger partial charge in [-0.15, -0.1) is 0 Å². The zero-order chi connectivity index (χ0) is 5.70. The molecular formula is C5H10N2. The second-order valence-corrected chi connectivity index (χ2v) is 1.33. The molecule has 0 heterocycles. The number of hydrogen-bond donors (Lipinski definition) is 1. The molecule has 0 aromatic heterocycles. The fourth-order valence-electron chi connectivity index (χ4n) is 0.175. The summed E-state index contributed by atoms with van der Waals surface area (Å²) in [6, 6.07) is 0. The van der Waals surface area contributed by atoms with Crippen molar-refractivity contribution in [3.05, 3.63) is 12.2 Å². The predicted molar refractivity (Wildman–Crippen MR) is 32.4 cm³/mol. The van der Waals surface area contributed by atoms with E-state index in [2.05, 4.69) is 17.1 Å². The summed E-state index contributed by atoms with van der Waals surface area (Å²) in [5, 5.41) is 3.70. The maximum atomic E-state index is 3.70. The zero-order valence-electron chi connectivity index (χ0n) is 4.73. The van der Waals surface area contributed by atoms with Crippen molar-refractivity contribution in [2.75, 3.05) is 7.05 Å². The first-order valence-electron chi connectivity index (χ1n) is 2.12. The molecule has 0 rings (SSSR count). The standard InChI is InChI=1S/C5H10N2/c1-5(2)4-7-6-3/h4,6H,1H2,2-3H3/b7-4+. The first kappa shape index (κ1) is 6.21. The first-order chi connectivity index (χ1) is 3.27. The van der Waals surface area contributed by atoms with E-state index in [1.54, 1.807) is 13.3 Å². The maximum Gasteiger partial charge on any atom is 0.0491 e. The van der Waals surface area contributed by atoms with Gasteiger partial charge in [-0.2, -0.15) is 5.10 Å². The van der Waals surface area contributed by atoms with Gasteiger partial charge >= 0.3 is 0 Å². The second kappa shape index (κ2) is 3.40. The molecule has 0 unspecified atom stereocenters. The second-order valence-electron chi connectivity index (χ2n) is 1.33. The molecule has 0 amide bonds. The minimum absolute atomic E-state index is 0.953. The molecule has 7 heavy (non-hydrogen) atoms. The van der Waals surface area contributed by atoms with Crippen molar-refractivity contribution >= 4 is 6.21 Å². The molecule has 0 fully saturated rings. The van der Waals surface area contributed by atoms with Crippen molar-refractivity contribution in [3.8, 4) is 0 Å². The fourth-order valence-corrected chi connectivity index (χ4v) is 0.175. The number of hydrogen-bond acceptors (Lipinski definition) is 2. The summed E-state index contributed by atoms with van der Waals surface area (Å²) in [6.07, 6.45) is 1.67. The minimum Gasteiger partial charge on any atom is -0.313 e. The Hall–Kier alpha value is -0.790. The fraction of sp³-hybridized carbons (Fsp3) is 0.400. The van der Waals surface area contributed by atoms with Gasteiger partial charge in [0.2, 0.25) is 0 Å². The minimum atomic E-state index is 0.953. The molecule has 0 aliphatic carbocycles. The van der Waals surface area contributed by atoms with Gasteiger partial charge in [-0.05, 0) is 12.5 Å². The topological polar surface area (TPSA) is 24.4 Å². The smallest absolute Gasteiger partial charge is 0.0491 e. The van der Waals surface area contributed by atoms with Gasteiger partial charge in [0, 0.05) is 13.3 Å². The SMILES string of the molecule is C=C(C)/C=N/NC. The van der Waals surface area contributed by atoms with Crippen molar-refractivity contribution in [1.29, 1.82) is 0 Å². The van der Waals surface area contributed by atoms with Gasteiger partial charge in [-0.1, -0.05) is 6.58 Å². The Morgan fingerprint density at radius 2 is 2.43 bits per heavy atom. The van der Waals surface area contributed by atoms with Crippen LogP contribution in [0.25, 0.3) is 0 Å². The lowest BCUT2D eigenvalue weighted by Gasteiger charge is -1.83. The Bertz CT molecular complexity index is 84.1. The van der Waals surface area contributed by atoms with Crippen LogP contribution in [0.3, 0.4) is 0 Å². The summed E-state index contributed by atoms with van der Waals surface area (Å²) in [4.78, 5) is 0. The van der Waals surface area contributed by atoms with Crippen molar-refractivity contribution < 1.29 is 0 Å². The van der Waals surface area contributed by atoms with Crippen molar-refractivity contribution in [1.82, 2.24) is 5.43 Å². The highest BCUT2D eigenvalue weighted by atomic mass is 15.3. The van der Waals surface area contributed by atoms with E-state index in [9.17, 15) is 0 Å². The van der Waals surface area contributed by atoms with E-state index in [4.69, 9.17) is 0 Å². The molecule has 1 N–H and O–H groups in total. The van der Waals surface area contributed by atoms with Crippen LogP contribution >= 0.6 is 0 Å². The van der Waals surface area contributed by atoms with Crippen LogP contribution in [0, 0.1) is 0 Å². The summed E-state index contributed by atoms with van der Waals surface area (Å²) < 4.78 is 0. The average molecular weight is 98.1 g/mol. The Balaban J connectivity index is 3.26. The summed E-state index contributed by atoms with van der Waals surface area (Å²) in [6.45, 7) is 5.49. The number of hydrazone groups is 1. The average Bonchev–Trinajstić information content (AvgIpc) is 1.61. The molecule has 0 spiro atoms. The molecule has 0 bridgehead atoms. The Kier molecular flexibility index (Phi) is 3.02. The third-order valence-electron chi connectivity index (χ3n) is 0.414. The highest BCUT2D eigenvalue weighted by Gasteiger charge is 1.68. The molecule has 0 aliphatic rings. The summed E-state index contributed by atoms with van der Waals surface area (Å²) >= 11 is 0. The van der Waals surface area contributed by atoms with Crippen LogP contribution in [0.1, 0.15) is 6.92 Å². The Labute approximate surface area is 43.9 Å². The predicted octanol–water partition coefficient (Wildman–Crippen LogP) is 0.768. The molecule has 2 heteroatoms. The lowest BCUT2D eigenvalue weighted by Crippen LogP contribution is -1.93. The number of nitrogens with zero attached hydrogens (tertiary/aromatic N) is 1. The summed E-state index contributed by atoms with van der Waals surface area (Å²) in [5.41, 5.74) is 3.56. The van der Waals surface area contributed by atoms with E-state index >= 15 is 0 Å². The number of allylic oxidation sites excluding steroid dienone is 1. The Morgan fingerprint density at radius 3 is 2.57 bits per heavy atom. The highest BCUT2D eigenvalue weighted by Crippen LogP contribution is 1.75. The molecule has 0 atom stereocenters. The van der Waals surface area contributed by atoms with Crippen LogP contribution in [-0.4, -0.2) is 13.3 Å². The third-order valence-corrected chi connectivity index (χ3v) is 0.414. The third kappa shape index (κ3) is 5.21. The number of rotatable bonds is 2. The summed E-state index contributed by atoms with van der Waals surface area (Å²) in [7, 11) is 1.75. The summed E-state index contributed by atoms with van der Waals surface area (Å²) in [5.74, 6) is 0. The van der Waals surface area contributed by atoms with E-state index in [0.29, 0.717) is 0 Å². The molecule has 0 saturated heterocycles. The van der Waals surface area contributed by atoms with Crippen LogP contribution in [0.4, 0.5) is 0 Å². The lowest BCUT2D eigenvalue weighted by atomic mass is 10.4. The van der Waals surface area contributed by atoms with Crippen molar-refractivity contribution in [2.24, 2.45) is 5.10 Å². The first-order valence-corrected chi connectivity index (χ1v) is 2.12. The van der Waals surface area contributed by atoms with E-state index in [1.807, 2.05) is 6.92 Å². The van der Waals surface area contributed by atoms with Crippen molar-refractivity contribution in [3.63, 3.8) is 0 Å². The quantitative estimate of drug-likeness (QED) is 0.400. The van der Waals surface area contributed by atoms with Gasteiger partial charge < -0.3 is 5.43 Å². The van der Waals surface area contributed by atoms with Gasteiger partial charge in [0.15, 0.2) is 0 Å². The van der Waals surface area contributed by atoms with Crippen LogP contribution in [0.15, 0.2) is 17.3 Å². The van der Waals surface area contributed by atoms with Crippen molar-refractivity contribution in [2.45, 2.75) is 6.92 Å². The molecule has 0 saturated carbocycles.